The summed E-state index contributed by atoms with van der Waals surface area (Å²) < 4.78 is 0.951. The highest BCUT2D eigenvalue weighted by molar-refractivity contribution is 9.10. The molecule has 0 saturated heterocycles. The molecule has 0 aromatic heterocycles. The zero-order valence-corrected chi connectivity index (χ0v) is 19.9. The SMILES string of the molecule is O=C(Nc1ccc(Br)cc1)C1CC=CCC1C(=O)N(Cc1ccccc1)Cc1ccccc1. The van der Waals surface area contributed by atoms with E-state index in [-0.39, 0.29) is 11.8 Å². The van der Waals surface area contributed by atoms with Crippen molar-refractivity contribution in [2.75, 3.05) is 5.32 Å². The highest BCUT2D eigenvalue weighted by atomic mass is 79.9. The first-order chi connectivity index (χ1) is 16.1. The van der Waals surface area contributed by atoms with E-state index in [9.17, 15) is 9.59 Å². The number of allylic oxidation sites excluding steroid dienone is 2. The Hall–Kier alpha value is -3.18. The number of carbonyl (C=O) groups is 2. The predicted molar refractivity (Wildman–Crippen MR) is 135 cm³/mol. The molecular weight excluding hydrogens is 476 g/mol. The van der Waals surface area contributed by atoms with E-state index in [2.05, 4.69) is 21.2 Å². The van der Waals surface area contributed by atoms with Gasteiger partial charge in [-0.25, -0.2) is 0 Å². The van der Waals surface area contributed by atoms with Gasteiger partial charge in [-0.1, -0.05) is 88.7 Å². The van der Waals surface area contributed by atoms with Gasteiger partial charge in [0.1, 0.15) is 0 Å². The van der Waals surface area contributed by atoms with Crippen molar-refractivity contribution in [3.63, 3.8) is 0 Å². The maximum absolute atomic E-state index is 13.8. The third-order valence-electron chi connectivity index (χ3n) is 5.94. The van der Waals surface area contributed by atoms with E-state index in [0.717, 1.165) is 21.3 Å². The normalized spacial score (nSPS) is 17.4. The molecule has 0 radical (unpaired) electrons. The Labute approximate surface area is 203 Å². The van der Waals surface area contributed by atoms with Crippen LogP contribution in [0.3, 0.4) is 0 Å². The monoisotopic (exact) mass is 502 g/mol. The summed E-state index contributed by atoms with van der Waals surface area (Å²) in [6, 6.07) is 27.5. The molecule has 2 atom stereocenters. The number of benzene rings is 3. The summed E-state index contributed by atoms with van der Waals surface area (Å²) >= 11 is 3.42. The molecule has 0 aliphatic heterocycles. The van der Waals surface area contributed by atoms with Gasteiger partial charge in [-0.05, 0) is 48.2 Å². The van der Waals surface area contributed by atoms with Gasteiger partial charge < -0.3 is 10.2 Å². The lowest BCUT2D eigenvalue weighted by atomic mass is 9.81. The number of halogens is 1. The summed E-state index contributed by atoms with van der Waals surface area (Å²) in [6.45, 7) is 1.02. The van der Waals surface area contributed by atoms with Crippen LogP contribution in [-0.2, 0) is 22.7 Å². The van der Waals surface area contributed by atoms with E-state index >= 15 is 0 Å². The molecule has 2 unspecified atom stereocenters. The van der Waals surface area contributed by atoms with Crippen LogP contribution >= 0.6 is 15.9 Å². The van der Waals surface area contributed by atoms with Crippen LogP contribution in [-0.4, -0.2) is 16.7 Å². The number of amides is 2. The van der Waals surface area contributed by atoms with Crippen LogP contribution in [0.4, 0.5) is 5.69 Å². The Kier molecular flexibility index (Phi) is 7.74. The molecule has 1 N–H and O–H groups in total. The summed E-state index contributed by atoms with van der Waals surface area (Å²) in [4.78, 5) is 28.9. The molecule has 33 heavy (non-hydrogen) atoms. The van der Waals surface area contributed by atoms with Crippen molar-refractivity contribution in [2.24, 2.45) is 11.8 Å². The highest BCUT2D eigenvalue weighted by Crippen LogP contribution is 2.30. The van der Waals surface area contributed by atoms with Crippen molar-refractivity contribution in [3.05, 3.63) is 113 Å². The van der Waals surface area contributed by atoms with E-state index in [1.54, 1.807) is 0 Å². The number of carbonyl (C=O) groups excluding carboxylic acids is 2. The van der Waals surface area contributed by atoms with Crippen LogP contribution < -0.4 is 5.32 Å². The van der Waals surface area contributed by atoms with Crippen LogP contribution in [0, 0.1) is 11.8 Å². The Morgan fingerprint density at radius 2 is 1.27 bits per heavy atom. The molecule has 3 aromatic carbocycles. The van der Waals surface area contributed by atoms with Gasteiger partial charge in [-0.3, -0.25) is 9.59 Å². The lowest BCUT2D eigenvalue weighted by molar-refractivity contribution is -0.142. The minimum absolute atomic E-state index is 0.0167. The van der Waals surface area contributed by atoms with Crippen molar-refractivity contribution >= 4 is 33.4 Å². The quantitative estimate of drug-likeness (QED) is 0.391. The first-order valence-corrected chi connectivity index (χ1v) is 12.0. The molecule has 0 fully saturated rings. The van der Waals surface area contributed by atoms with Gasteiger partial charge in [0, 0.05) is 23.2 Å². The van der Waals surface area contributed by atoms with Crippen molar-refractivity contribution in [3.8, 4) is 0 Å². The fourth-order valence-corrected chi connectivity index (χ4v) is 4.46. The Morgan fingerprint density at radius 1 is 0.758 bits per heavy atom. The van der Waals surface area contributed by atoms with E-state index in [4.69, 9.17) is 0 Å². The van der Waals surface area contributed by atoms with Crippen molar-refractivity contribution in [2.45, 2.75) is 25.9 Å². The average molecular weight is 503 g/mol. The number of anilines is 1. The maximum atomic E-state index is 13.8. The minimum atomic E-state index is -0.403. The standard InChI is InChI=1S/C28H27BrN2O2/c29-23-15-17-24(18-16-23)30-27(32)25-13-7-8-14-26(25)28(33)31(19-21-9-3-1-4-10-21)20-22-11-5-2-6-12-22/h1-12,15-18,25-26H,13-14,19-20H2,(H,30,32). The smallest absolute Gasteiger partial charge is 0.228 e. The number of nitrogens with one attached hydrogen (secondary N) is 1. The molecule has 1 aliphatic rings. The molecular formula is C28H27BrN2O2. The summed E-state index contributed by atoms with van der Waals surface area (Å²) in [5, 5.41) is 3.00. The third-order valence-corrected chi connectivity index (χ3v) is 6.47. The molecule has 0 bridgehead atoms. The van der Waals surface area contributed by atoms with Gasteiger partial charge >= 0.3 is 0 Å². The van der Waals surface area contributed by atoms with Crippen molar-refractivity contribution in [1.29, 1.82) is 0 Å². The molecule has 4 rings (SSSR count). The maximum Gasteiger partial charge on any atom is 0.228 e. The molecule has 0 heterocycles. The fourth-order valence-electron chi connectivity index (χ4n) is 4.20. The van der Waals surface area contributed by atoms with Crippen LogP contribution in [0.25, 0.3) is 0 Å². The van der Waals surface area contributed by atoms with E-state index < -0.39 is 11.8 Å². The van der Waals surface area contributed by atoms with Gasteiger partial charge in [0.25, 0.3) is 0 Å². The fraction of sp³-hybridized carbons (Fsp3) is 0.214. The number of hydrogen-bond acceptors (Lipinski definition) is 2. The first kappa shape index (κ1) is 23.0. The largest absolute Gasteiger partial charge is 0.334 e. The summed E-state index contributed by atoms with van der Waals surface area (Å²) in [7, 11) is 0. The molecule has 168 valence electrons. The second kappa shape index (κ2) is 11.1. The zero-order valence-electron chi connectivity index (χ0n) is 18.4. The van der Waals surface area contributed by atoms with Crippen LogP contribution in [0.5, 0.6) is 0 Å². The molecule has 0 spiro atoms. The predicted octanol–water partition coefficient (Wildman–Crippen LogP) is 6.20. The van der Waals surface area contributed by atoms with Crippen molar-refractivity contribution < 1.29 is 9.59 Å². The zero-order chi connectivity index (χ0) is 23.0. The van der Waals surface area contributed by atoms with Gasteiger partial charge in [0.05, 0.1) is 11.8 Å². The summed E-state index contributed by atoms with van der Waals surface area (Å²) in [6.07, 6.45) is 5.16. The second-order valence-electron chi connectivity index (χ2n) is 8.32. The Morgan fingerprint density at radius 3 is 1.82 bits per heavy atom. The van der Waals surface area contributed by atoms with Crippen LogP contribution in [0.15, 0.2) is 102 Å². The minimum Gasteiger partial charge on any atom is -0.334 e. The molecule has 1 aliphatic carbocycles. The van der Waals surface area contributed by atoms with Crippen molar-refractivity contribution in [1.82, 2.24) is 4.90 Å². The van der Waals surface area contributed by atoms with E-state index in [1.165, 1.54) is 0 Å². The van der Waals surface area contributed by atoms with Gasteiger partial charge in [-0.15, -0.1) is 0 Å². The van der Waals surface area contributed by atoms with E-state index in [1.807, 2.05) is 102 Å². The van der Waals surface area contributed by atoms with Gasteiger partial charge in [0.15, 0.2) is 0 Å². The lowest BCUT2D eigenvalue weighted by Crippen LogP contribution is -2.42. The second-order valence-corrected chi connectivity index (χ2v) is 9.23. The van der Waals surface area contributed by atoms with Gasteiger partial charge in [-0.2, -0.15) is 0 Å². The van der Waals surface area contributed by atoms with Crippen LogP contribution in [0.1, 0.15) is 24.0 Å². The highest BCUT2D eigenvalue weighted by Gasteiger charge is 2.36. The Balaban J connectivity index is 1.55. The number of hydrogen-bond donors (Lipinski definition) is 1. The number of nitrogens with zero attached hydrogens (tertiary/aromatic N) is 1. The molecule has 0 saturated carbocycles. The Bertz CT molecular complexity index is 1060. The molecule has 2 amide bonds. The van der Waals surface area contributed by atoms with Gasteiger partial charge in [0.2, 0.25) is 11.8 Å². The molecule has 3 aromatic rings. The third kappa shape index (κ3) is 6.20. The summed E-state index contributed by atoms with van der Waals surface area (Å²) in [5.41, 5.74) is 2.88. The van der Waals surface area contributed by atoms with E-state index in [0.29, 0.717) is 25.9 Å². The molecule has 5 heteroatoms. The number of rotatable bonds is 7. The average Bonchev–Trinajstić information content (AvgIpc) is 2.86. The molecule has 4 nitrogen and oxygen atoms in total. The lowest BCUT2D eigenvalue weighted by Gasteiger charge is -2.32. The summed E-state index contributed by atoms with van der Waals surface area (Å²) in [5.74, 6) is -0.888. The topological polar surface area (TPSA) is 49.4 Å². The first-order valence-electron chi connectivity index (χ1n) is 11.2. The van der Waals surface area contributed by atoms with Crippen LogP contribution in [0.2, 0.25) is 0 Å².